The molecule has 0 saturated heterocycles. The number of aryl methyl sites for hydroxylation is 2. The van der Waals surface area contributed by atoms with Gasteiger partial charge < -0.3 is 10.2 Å². The molecule has 0 aliphatic heterocycles. The first-order valence-corrected chi connectivity index (χ1v) is 7.27. The summed E-state index contributed by atoms with van der Waals surface area (Å²) in [5.74, 6) is 0.496. The van der Waals surface area contributed by atoms with E-state index in [0.29, 0.717) is 24.5 Å². The Morgan fingerprint density at radius 3 is 2.52 bits per heavy atom. The monoisotopic (exact) mass is 297 g/mol. The largest absolute Gasteiger partial charge is 0.364 e. The molecule has 0 amide bonds. The molecule has 7 heteroatoms. The lowest BCUT2D eigenvalue weighted by Gasteiger charge is -2.28. The van der Waals surface area contributed by atoms with Crippen LogP contribution < -0.4 is 5.32 Å². The molecule has 21 heavy (non-hydrogen) atoms. The molecule has 0 aliphatic rings. The fourth-order valence-corrected chi connectivity index (χ4v) is 2.60. The van der Waals surface area contributed by atoms with Crippen molar-refractivity contribution in [3.05, 3.63) is 15.8 Å². The topological polar surface area (TPSA) is 76.2 Å². The zero-order chi connectivity index (χ0) is 16.2. The van der Waals surface area contributed by atoms with E-state index < -0.39 is 0 Å². The van der Waals surface area contributed by atoms with Crippen molar-refractivity contribution >= 4 is 11.5 Å². The summed E-state index contributed by atoms with van der Waals surface area (Å²) < 4.78 is 1.58. The van der Waals surface area contributed by atoms with Crippen LogP contribution >= 0.6 is 0 Å². The summed E-state index contributed by atoms with van der Waals surface area (Å²) in [4.78, 5) is 13.1. The third-order valence-corrected chi connectivity index (χ3v) is 3.24. The maximum atomic E-state index is 11.3. The maximum absolute atomic E-state index is 11.3. The summed E-state index contributed by atoms with van der Waals surface area (Å²) in [6.07, 6.45) is 1.45. The van der Waals surface area contributed by atoms with Crippen molar-refractivity contribution in [2.45, 2.75) is 33.6 Å². The summed E-state index contributed by atoms with van der Waals surface area (Å²) in [5, 5.41) is 18.8. The van der Waals surface area contributed by atoms with Gasteiger partial charge in [-0.3, -0.25) is 10.1 Å². The van der Waals surface area contributed by atoms with E-state index in [9.17, 15) is 10.1 Å². The minimum atomic E-state index is -0.334. The van der Waals surface area contributed by atoms with Crippen LogP contribution in [0.4, 0.5) is 11.5 Å². The zero-order valence-electron chi connectivity index (χ0n) is 13.9. The fraction of sp³-hybridized carbons (Fsp3) is 0.786. The molecule has 0 radical (unpaired) electrons. The molecule has 0 atom stereocenters. The Labute approximate surface area is 126 Å². The van der Waals surface area contributed by atoms with Gasteiger partial charge in [-0.2, -0.15) is 5.10 Å². The molecule has 0 spiro atoms. The highest BCUT2D eigenvalue weighted by Crippen LogP contribution is 2.30. The molecule has 1 aromatic rings. The Bertz CT molecular complexity index is 494. The number of anilines is 1. The third-order valence-electron chi connectivity index (χ3n) is 3.24. The molecule has 120 valence electrons. The van der Waals surface area contributed by atoms with Gasteiger partial charge in [0.1, 0.15) is 5.69 Å². The van der Waals surface area contributed by atoms with E-state index in [1.54, 1.807) is 11.7 Å². The second-order valence-corrected chi connectivity index (χ2v) is 6.53. The number of nitrogens with zero attached hydrogens (tertiary/aromatic N) is 4. The fourth-order valence-electron chi connectivity index (χ4n) is 2.60. The molecule has 0 aromatic carbocycles. The van der Waals surface area contributed by atoms with Crippen molar-refractivity contribution in [2.75, 3.05) is 32.5 Å². The lowest BCUT2D eigenvalue weighted by Crippen LogP contribution is -2.34. The van der Waals surface area contributed by atoms with Crippen molar-refractivity contribution in [2.24, 2.45) is 12.5 Å². The van der Waals surface area contributed by atoms with Crippen molar-refractivity contribution in [3.63, 3.8) is 0 Å². The molecule has 1 N–H and O–H groups in total. The van der Waals surface area contributed by atoms with E-state index in [1.165, 1.54) is 0 Å². The number of nitro groups is 1. The number of hydrogen-bond donors (Lipinski definition) is 1. The van der Waals surface area contributed by atoms with Gasteiger partial charge in [0.05, 0.1) is 4.92 Å². The molecule has 0 fully saturated rings. The molecule has 0 aliphatic carbocycles. The quantitative estimate of drug-likeness (QED) is 0.588. The molecular formula is C14H27N5O2. The van der Waals surface area contributed by atoms with E-state index in [-0.39, 0.29) is 16.0 Å². The van der Waals surface area contributed by atoms with E-state index in [1.807, 2.05) is 21.0 Å². The molecule has 1 rings (SSSR count). The smallest absolute Gasteiger partial charge is 0.333 e. The summed E-state index contributed by atoms with van der Waals surface area (Å²) in [6, 6.07) is 0. The Hall–Kier alpha value is -1.63. The van der Waals surface area contributed by atoms with Crippen molar-refractivity contribution in [1.82, 2.24) is 14.7 Å². The summed E-state index contributed by atoms with van der Waals surface area (Å²) in [7, 11) is 5.79. The maximum Gasteiger partial charge on any atom is 0.333 e. The van der Waals surface area contributed by atoms with Gasteiger partial charge in [0.25, 0.3) is 0 Å². The molecule has 1 heterocycles. The van der Waals surface area contributed by atoms with Crippen molar-refractivity contribution < 1.29 is 4.92 Å². The van der Waals surface area contributed by atoms with Gasteiger partial charge in [0.15, 0.2) is 0 Å². The van der Waals surface area contributed by atoms with Crippen LogP contribution in [0.25, 0.3) is 0 Å². The Morgan fingerprint density at radius 2 is 2.05 bits per heavy atom. The Balaban J connectivity index is 2.95. The first-order valence-electron chi connectivity index (χ1n) is 7.27. The molecule has 0 saturated carbocycles. The van der Waals surface area contributed by atoms with Gasteiger partial charge in [-0.05, 0) is 25.9 Å². The molecular weight excluding hydrogens is 270 g/mol. The van der Waals surface area contributed by atoms with Crippen molar-refractivity contribution in [1.29, 1.82) is 0 Å². The average molecular weight is 297 g/mol. The highest BCUT2D eigenvalue weighted by atomic mass is 16.6. The van der Waals surface area contributed by atoms with Crippen LogP contribution in [0.3, 0.4) is 0 Å². The van der Waals surface area contributed by atoms with Crippen molar-refractivity contribution in [3.8, 4) is 0 Å². The van der Waals surface area contributed by atoms with Crippen LogP contribution in [0.5, 0.6) is 0 Å². The Morgan fingerprint density at radius 1 is 1.43 bits per heavy atom. The first kappa shape index (κ1) is 17.4. The predicted octanol–water partition coefficient (Wildman–Crippen LogP) is 2.28. The van der Waals surface area contributed by atoms with Gasteiger partial charge in [-0.25, -0.2) is 4.68 Å². The van der Waals surface area contributed by atoms with E-state index in [4.69, 9.17) is 0 Å². The standard InChI is InChI=1S/C14H27N5O2/c1-7-8-11-12(19(20)21)13(18(6)16-11)15-9-14(2,3)10-17(4)5/h15H,7-10H2,1-6H3. The van der Waals surface area contributed by atoms with Crippen LogP contribution in [-0.4, -0.2) is 46.8 Å². The van der Waals surface area contributed by atoms with Crippen LogP contribution in [0.15, 0.2) is 0 Å². The molecule has 7 nitrogen and oxygen atoms in total. The summed E-state index contributed by atoms with van der Waals surface area (Å²) in [5.41, 5.74) is 0.671. The number of nitrogens with one attached hydrogen (secondary N) is 1. The number of hydrogen-bond acceptors (Lipinski definition) is 5. The number of rotatable bonds is 8. The predicted molar refractivity (Wildman–Crippen MR) is 84.7 cm³/mol. The Kier molecular flexibility index (Phi) is 5.71. The lowest BCUT2D eigenvalue weighted by atomic mass is 9.93. The third kappa shape index (κ3) is 4.70. The van der Waals surface area contributed by atoms with Crippen LogP contribution in [-0.2, 0) is 13.5 Å². The van der Waals surface area contributed by atoms with Crippen LogP contribution in [0, 0.1) is 15.5 Å². The average Bonchev–Trinajstić information content (AvgIpc) is 2.62. The summed E-state index contributed by atoms with van der Waals surface area (Å²) >= 11 is 0. The minimum Gasteiger partial charge on any atom is -0.364 e. The highest BCUT2D eigenvalue weighted by Gasteiger charge is 2.28. The van der Waals surface area contributed by atoms with E-state index in [2.05, 4.69) is 29.2 Å². The van der Waals surface area contributed by atoms with E-state index in [0.717, 1.165) is 13.0 Å². The molecule has 0 bridgehead atoms. The molecule has 1 aromatic heterocycles. The van der Waals surface area contributed by atoms with Gasteiger partial charge in [-0.15, -0.1) is 0 Å². The second kappa shape index (κ2) is 6.89. The SMILES string of the molecule is CCCc1nn(C)c(NCC(C)(C)CN(C)C)c1[N+](=O)[O-]. The zero-order valence-corrected chi connectivity index (χ0v) is 13.9. The highest BCUT2D eigenvalue weighted by molar-refractivity contribution is 5.60. The minimum absolute atomic E-state index is 0.00651. The van der Waals surface area contributed by atoms with Gasteiger partial charge in [-0.1, -0.05) is 27.2 Å². The number of aromatic nitrogens is 2. The second-order valence-electron chi connectivity index (χ2n) is 6.53. The van der Waals surface area contributed by atoms with Gasteiger partial charge in [0, 0.05) is 20.1 Å². The lowest BCUT2D eigenvalue weighted by molar-refractivity contribution is -0.384. The van der Waals surface area contributed by atoms with E-state index >= 15 is 0 Å². The molecule has 0 unspecified atom stereocenters. The summed E-state index contributed by atoms with van der Waals surface area (Å²) in [6.45, 7) is 7.81. The van der Waals surface area contributed by atoms with Gasteiger partial charge in [0.2, 0.25) is 5.82 Å². The van der Waals surface area contributed by atoms with Crippen LogP contribution in [0.1, 0.15) is 32.9 Å². The van der Waals surface area contributed by atoms with Crippen LogP contribution in [0.2, 0.25) is 0 Å². The van der Waals surface area contributed by atoms with Gasteiger partial charge >= 0.3 is 5.69 Å². The normalized spacial score (nSPS) is 12.0. The first-order chi connectivity index (χ1) is 9.68.